The van der Waals surface area contributed by atoms with E-state index in [9.17, 15) is 0 Å². The second-order valence-electron chi connectivity index (χ2n) is 17.2. The van der Waals surface area contributed by atoms with Crippen molar-refractivity contribution in [2.24, 2.45) is 0 Å². The van der Waals surface area contributed by atoms with E-state index in [1.165, 1.54) is 39.0 Å². The third kappa shape index (κ3) is 10.1. The van der Waals surface area contributed by atoms with Gasteiger partial charge in [-0.2, -0.15) is 0 Å². The lowest BCUT2D eigenvalue weighted by Crippen LogP contribution is -2.28. The van der Waals surface area contributed by atoms with Gasteiger partial charge in [-0.3, -0.25) is 0 Å². The van der Waals surface area contributed by atoms with Crippen LogP contribution in [0, 0.1) is 0 Å². The first-order valence-electron chi connectivity index (χ1n) is 22.6. The molecule has 320 valence electrons. The standard InChI is InChI=1S/C63H58N2/c1-7-59-60-30-20-21-31-61(60)63(5,6)62(59)44-45-64(56-28-18-11-19-29-56)48(3)34-35-55(46-50-22-12-8-13-23-50)47(2)32-33-49(4)65(57-40-36-53(37-41-57)51-24-14-9-15-25-51)58-42-38-54(39-43-58)52-26-16-10-17-27-52/h7-28,30-38,40-46,54,56H,1-4,29,39H2,5-6H3/b33-32-,35-34-,45-44+,55-46-. The maximum atomic E-state index is 4.65. The summed E-state index contributed by atoms with van der Waals surface area (Å²) < 4.78 is 0. The molecule has 2 heteroatoms. The molecule has 2 nitrogen and oxygen atoms in total. The lowest BCUT2D eigenvalue weighted by Gasteiger charge is -2.30. The fourth-order valence-electron chi connectivity index (χ4n) is 9.01. The Morgan fingerprint density at radius 3 is 2.00 bits per heavy atom. The van der Waals surface area contributed by atoms with E-state index in [0.717, 1.165) is 52.3 Å². The molecule has 0 aromatic heterocycles. The Morgan fingerprint density at radius 2 is 1.32 bits per heavy atom. The lowest BCUT2D eigenvalue weighted by molar-refractivity contribution is 0.404. The van der Waals surface area contributed by atoms with Gasteiger partial charge in [0.2, 0.25) is 0 Å². The molecule has 0 N–H and O–H groups in total. The molecule has 0 aliphatic heterocycles. The molecule has 2 unspecified atom stereocenters. The van der Waals surface area contributed by atoms with Crippen LogP contribution in [0.4, 0.5) is 5.69 Å². The van der Waals surface area contributed by atoms with Crippen molar-refractivity contribution in [3.05, 3.63) is 307 Å². The lowest BCUT2D eigenvalue weighted by atomic mass is 9.81. The van der Waals surface area contributed by atoms with Crippen LogP contribution in [-0.2, 0) is 5.41 Å². The molecule has 0 saturated heterocycles. The number of allylic oxidation sites excluding steroid dienone is 15. The van der Waals surface area contributed by atoms with Crippen molar-refractivity contribution in [3.63, 3.8) is 0 Å². The zero-order valence-electron chi connectivity index (χ0n) is 37.7. The molecule has 3 aliphatic carbocycles. The van der Waals surface area contributed by atoms with Gasteiger partial charge in [-0.15, -0.1) is 0 Å². The number of benzene rings is 5. The molecule has 5 aromatic carbocycles. The van der Waals surface area contributed by atoms with E-state index >= 15 is 0 Å². The molecule has 8 rings (SSSR count). The predicted molar refractivity (Wildman–Crippen MR) is 280 cm³/mol. The highest BCUT2D eigenvalue weighted by molar-refractivity contribution is 5.87. The van der Waals surface area contributed by atoms with Gasteiger partial charge in [0.25, 0.3) is 0 Å². The third-order valence-corrected chi connectivity index (χ3v) is 12.6. The van der Waals surface area contributed by atoms with Gasteiger partial charge in [0, 0.05) is 40.3 Å². The van der Waals surface area contributed by atoms with Crippen LogP contribution < -0.4 is 4.90 Å². The summed E-state index contributed by atoms with van der Waals surface area (Å²) in [5.74, 6) is 0.323. The summed E-state index contributed by atoms with van der Waals surface area (Å²) >= 11 is 0. The normalized spacial score (nSPS) is 17.7. The van der Waals surface area contributed by atoms with E-state index in [1.54, 1.807) is 0 Å². The molecule has 2 atom stereocenters. The van der Waals surface area contributed by atoms with Crippen LogP contribution in [0.5, 0.6) is 0 Å². The molecule has 0 radical (unpaired) electrons. The van der Waals surface area contributed by atoms with E-state index < -0.39 is 0 Å². The average molecular weight is 843 g/mol. The van der Waals surface area contributed by atoms with Crippen molar-refractivity contribution in [2.45, 2.75) is 44.1 Å². The summed E-state index contributed by atoms with van der Waals surface area (Å²) in [6.45, 7) is 22.7. The van der Waals surface area contributed by atoms with Crippen LogP contribution in [-0.4, -0.2) is 10.9 Å². The Morgan fingerprint density at radius 1 is 0.662 bits per heavy atom. The van der Waals surface area contributed by atoms with Crippen molar-refractivity contribution in [3.8, 4) is 11.1 Å². The van der Waals surface area contributed by atoms with Gasteiger partial charge in [0.1, 0.15) is 0 Å². The van der Waals surface area contributed by atoms with Gasteiger partial charge < -0.3 is 9.80 Å². The quantitative estimate of drug-likeness (QED) is 0.0913. The molecule has 0 bridgehead atoms. The minimum Gasteiger partial charge on any atom is -0.341 e. The number of fused-ring (bicyclic) bond motifs is 1. The zero-order valence-corrected chi connectivity index (χ0v) is 37.7. The van der Waals surface area contributed by atoms with E-state index in [4.69, 9.17) is 0 Å². The molecule has 0 saturated carbocycles. The van der Waals surface area contributed by atoms with E-state index in [1.807, 2.05) is 12.1 Å². The Hall–Kier alpha value is -7.68. The Labute approximate surface area is 387 Å². The van der Waals surface area contributed by atoms with E-state index in [0.29, 0.717) is 5.92 Å². The summed E-state index contributed by atoms with van der Waals surface area (Å²) in [4.78, 5) is 4.51. The van der Waals surface area contributed by atoms with Gasteiger partial charge in [-0.1, -0.05) is 222 Å². The van der Waals surface area contributed by atoms with Crippen molar-refractivity contribution < 1.29 is 0 Å². The second kappa shape index (κ2) is 20.2. The fourth-order valence-corrected chi connectivity index (χ4v) is 9.01. The molecule has 5 aromatic rings. The van der Waals surface area contributed by atoms with Crippen LogP contribution >= 0.6 is 0 Å². The minimum atomic E-state index is -0.170. The van der Waals surface area contributed by atoms with Crippen LogP contribution in [0.25, 0.3) is 22.8 Å². The van der Waals surface area contributed by atoms with Gasteiger partial charge in [0.15, 0.2) is 0 Å². The monoisotopic (exact) mass is 842 g/mol. The molecule has 0 amide bonds. The van der Waals surface area contributed by atoms with Crippen molar-refractivity contribution in [1.29, 1.82) is 0 Å². The molecular weight excluding hydrogens is 785 g/mol. The van der Waals surface area contributed by atoms with Gasteiger partial charge in [0.05, 0.1) is 6.04 Å². The third-order valence-electron chi connectivity index (χ3n) is 12.6. The molecule has 65 heavy (non-hydrogen) atoms. The van der Waals surface area contributed by atoms with Crippen LogP contribution in [0.2, 0.25) is 0 Å². The number of anilines is 1. The smallest absolute Gasteiger partial charge is 0.0553 e. The number of hydrogen-bond donors (Lipinski definition) is 0. The highest BCUT2D eigenvalue weighted by Crippen LogP contribution is 2.47. The van der Waals surface area contributed by atoms with Crippen LogP contribution in [0.15, 0.2) is 285 Å². The van der Waals surface area contributed by atoms with E-state index in [2.05, 4.69) is 269 Å². The summed E-state index contributed by atoms with van der Waals surface area (Å²) in [7, 11) is 0. The summed E-state index contributed by atoms with van der Waals surface area (Å²) in [6.07, 6.45) is 34.4. The zero-order chi connectivity index (χ0) is 45.2. The molecule has 3 aliphatic rings. The number of nitrogens with zero attached hydrogens (tertiary/aromatic N) is 2. The predicted octanol–water partition coefficient (Wildman–Crippen LogP) is 16.2. The summed E-state index contributed by atoms with van der Waals surface area (Å²) in [5, 5.41) is 0. The Balaban J connectivity index is 1.08. The highest BCUT2D eigenvalue weighted by Gasteiger charge is 2.35. The van der Waals surface area contributed by atoms with Crippen LogP contribution in [0.1, 0.15) is 54.9 Å². The molecular formula is C63H58N2. The van der Waals surface area contributed by atoms with E-state index in [-0.39, 0.29) is 11.5 Å². The average Bonchev–Trinajstić information content (AvgIpc) is 3.58. The second-order valence-corrected chi connectivity index (χ2v) is 17.2. The molecule has 0 fully saturated rings. The fraction of sp³-hybridized carbons (Fsp3) is 0.111. The Kier molecular flexibility index (Phi) is 13.7. The van der Waals surface area contributed by atoms with Gasteiger partial charge >= 0.3 is 0 Å². The van der Waals surface area contributed by atoms with Crippen molar-refractivity contribution >= 4 is 17.3 Å². The first-order valence-corrected chi connectivity index (χ1v) is 22.6. The summed E-state index contributed by atoms with van der Waals surface area (Å²) in [5.41, 5.74) is 15.2. The SMILES string of the molecule is C=CC1=C(/C=C/N(C(=C)/C=C\C(=C\c2ccccc2)C(=C)/C=C\C(=C)N(C2=CCC(c3ccccc3)C=C2)c2ccc(-c3ccccc3)cc2)C2C=CC=CC2)C(C)(C)c2ccccc21. The first-order chi connectivity index (χ1) is 31.7. The molecule has 0 heterocycles. The van der Waals surface area contributed by atoms with Gasteiger partial charge in [-0.05, 0) is 111 Å². The highest BCUT2D eigenvalue weighted by atomic mass is 15.2. The van der Waals surface area contributed by atoms with Crippen molar-refractivity contribution in [2.75, 3.05) is 4.90 Å². The van der Waals surface area contributed by atoms with Gasteiger partial charge in [-0.25, -0.2) is 0 Å². The Bertz CT molecular complexity index is 2830. The summed E-state index contributed by atoms with van der Waals surface area (Å²) in [6, 6.07) is 49.1. The maximum absolute atomic E-state index is 4.65. The topological polar surface area (TPSA) is 6.48 Å². The molecule has 0 spiro atoms. The number of rotatable bonds is 16. The maximum Gasteiger partial charge on any atom is 0.0553 e. The van der Waals surface area contributed by atoms with Crippen molar-refractivity contribution in [1.82, 2.24) is 4.90 Å². The largest absolute Gasteiger partial charge is 0.341 e. The van der Waals surface area contributed by atoms with Crippen LogP contribution in [0.3, 0.4) is 0 Å². The minimum absolute atomic E-state index is 0.111. The number of hydrogen-bond acceptors (Lipinski definition) is 2. The first kappa shape index (κ1) is 43.9.